The second-order valence-corrected chi connectivity index (χ2v) is 9.62. The summed E-state index contributed by atoms with van der Waals surface area (Å²) in [6.45, 7) is 17.7. The first-order chi connectivity index (χ1) is 15.9. The molecule has 1 aromatic carbocycles. The van der Waals surface area contributed by atoms with Gasteiger partial charge in [-0.05, 0) is 56.9 Å². The van der Waals surface area contributed by atoms with Crippen LogP contribution in [0.1, 0.15) is 55.4 Å². The first-order valence-corrected chi connectivity index (χ1v) is 12.5. The third-order valence-electron chi connectivity index (χ3n) is 6.80. The Kier molecular flexibility index (Phi) is 11.2. The summed E-state index contributed by atoms with van der Waals surface area (Å²) in [5.74, 6) is 1.10. The summed E-state index contributed by atoms with van der Waals surface area (Å²) in [4.78, 5) is 14.8. The second kappa shape index (κ2) is 13.4. The van der Waals surface area contributed by atoms with Gasteiger partial charge in [-0.15, -0.1) is 24.8 Å². The molecule has 3 aromatic rings. The van der Waals surface area contributed by atoms with Gasteiger partial charge in [0.1, 0.15) is 11.3 Å². The highest BCUT2D eigenvalue weighted by Gasteiger charge is 2.17. The largest absolute Gasteiger partial charge is 0.308 e. The number of piperazine rings is 1. The quantitative estimate of drug-likeness (QED) is 0.370. The van der Waals surface area contributed by atoms with E-state index in [0.717, 1.165) is 48.6 Å². The van der Waals surface area contributed by atoms with Gasteiger partial charge >= 0.3 is 0 Å². The first-order valence-electron chi connectivity index (χ1n) is 12.5. The molecule has 0 radical (unpaired) electrons. The van der Waals surface area contributed by atoms with Crippen LogP contribution in [0.25, 0.3) is 17.2 Å². The van der Waals surface area contributed by atoms with Gasteiger partial charge in [0.15, 0.2) is 5.65 Å². The third-order valence-corrected chi connectivity index (χ3v) is 6.80. The zero-order valence-electron chi connectivity index (χ0n) is 21.8. The lowest BCUT2D eigenvalue weighted by molar-refractivity contribution is 0.110. The molecule has 1 aliphatic rings. The van der Waals surface area contributed by atoms with Crippen LogP contribution in [0, 0.1) is 13.8 Å². The fourth-order valence-corrected chi connectivity index (χ4v) is 4.78. The lowest BCUT2D eigenvalue weighted by Gasteiger charge is -2.36. The minimum atomic E-state index is 0. The van der Waals surface area contributed by atoms with Crippen LogP contribution in [0.5, 0.6) is 0 Å². The SMILES string of the molecule is CCc1nc2c(C)cc(C)nc2n1Cc1ccc(C=CCCN2CCN(C(C)C)CC2)cc1.Cl.Cl. The van der Waals surface area contributed by atoms with E-state index in [9.17, 15) is 0 Å². The number of hydrogen-bond acceptors (Lipinski definition) is 4. The molecule has 0 unspecified atom stereocenters. The molecule has 0 N–H and O–H groups in total. The number of hydrogen-bond donors (Lipinski definition) is 0. The number of rotatable bonds is 8. The van der Waals surface area contributed by atoms with Crippen LogP contribution in [0.4, 0.5) is 0 Å². The van der Waals surface area contributed by atoms with Crippen molar-refractivity contribution >= 4 is 42.1 Å². The van der Waals surface area contributed by atoms with E-state index in [1.807, 2.05) is 0 Å². The minimum absolute atomic E-state index is 0. The molecule has 2 aromatic heterocycles. The van der Waals surface area contributed by atoms with Crippen molar-refractivity contribution in [3.63, 3.8) is 0 Å². The van der Waals surface area contributed by atoms with Gasteiger partial charge in [-0.2, -0.15) is 0 Å². The number of aromatic nitrogens is 3. The molecule has 5 nitrogen and oxygen atoms in total. The van der Waals surface area contributed by atoms with Crippen molar-refractivity contribution < 1.29 is 0 Å². The number of fused-ring (bicyclic) bond motifs is 1. The molecule has 35 heavy (non-hydrogen) atoms. The highest BCUT2D eigenvalue weighted by Crippen LogP contribution is 2.21. The Morgan fingerprint density at radius 1 is 0.971 bits per heavy atom. The van der Waals surface area contributed by atoms with Crippen LogP contribution < -0.4 is 0 Å². The van der Waals surface area contributed by atoms with Gasteiger partial charge in [-0.1, -0.05) is 43.3 Å². The molecule has 1 aliphatic heterocycles. The molecule has 0 saturated carbocycles. The van der Waals surface area contributed by atoms with Crippen molar-refractivity contribution in [1.82, 2.24) is 24.3 Å². The number of halogens is 2. The highest BCUT2D eigenvalue weighted by molar-refractivity contribution is 5.85. The van der Waals surface area contributed by atoms with Gasteiger partial charge in [-0.25, -0.2) is 9.97 Å². The van der Waals surface area contributed by atoms with Gasteiger partial charge in [0.2, 0.25) is 0 Å². The maximum Gasteiger partial charge on any atom is 0.160 e. The van der Waals surface area contributed by atoms with E-state index in [1.54, 1.807) is 0 Å². The number of pyridine rings is 1. The smallest absolute Gasteiger partial charge is 0.160 e. The van der Waals surface area contributed by atoms with Crippen LogP contribution in [-0.4, -0.2) is 63.1 Å². The Morgan fingerprint density at radius 3 is 2.29 bits per heavy atom. The fourth-order valence-electron chi connectivity index (χ4n) is 4.78. The molecule has 0 aliphatic carbocycles. The van der Waals surface area contributed by atoms with Crippen molar-refractivity contribution in [2.45, 2.75) is 60.0 Å². The average molecular weight is 519 g/mol. The van der Waals surface area contributed by atoms with Gasteiger partial charge < -0.3 is 9.47 Å². The highest BCUT2D eigenvalue weighted by atomic mass is 35.5. The molecule has 3 heterocycles. The number of aryl methyl sites for hydroxylation is 3. The average Bonchev–Trinajstić information content (AvgIpc) is 3.15. The van der Waals surface area contributed by atoms with Gasteiger partial charge in [0, 0.05) is 50.9 Å². The number of benzene rings is 1. The number of imidazole rings is 1. The van der Waals surface area contributed by atoms with E-state index in [2.05, 4.69) is 91.5 Å². The van der Waals surface area contributed by atoms with Gasteiger partial charge in [0.05, 0.1) is 6.54 Å². The Bertz CT molecular complexity index is 1100. The number of nitrogens with zero attached hydrogens (tertiary/aromatic N) is 5. The Balaban J connectivity index is 0.00000216. The summed E-state index contributed by atoms with van der Waals surface area (Å²) < 4.78 is 2.28. The van der Waals surface area contributed by atoms with E-state index in [-0.39, 0.29) is 24.8 Å². The molecule has 7 heteroatoms. The van der Waals surface area contributed by atoms with Gasteiger partial charge in [0.25, 0.3) is 0 Å². The lowest BCUT2D eigenvalue weighted by Crippen LogP contribution is -2.48. The van der Waals surface area contributed by atoms with Gasteiger partial charge in [-0.3, -0.25) is 4.90 Å². The molecule has 0 bridgehead atoms. The second-order valence-electron chi connectivity index (χ2n) is 9.62. The predicted octanol–water partition coefficient (Wildman–Crippen LogP) is 5.93. The summed E-state index contributed by atoms with van der Waals surface area (Å²) >= 11 is 0. The van der Waals surface area contributed by atoms with Crippen molar-refractivity contribution in [3.8, 4) is 0 Å². The minimum Gasteiger partial charge on any atom is -0.308 e. The van der Waals surface area contributed by atoms with E-state index in [0.29, 0.717) is 6.04 Å². The van der Waals surface area contributed by atoms with Crippen LogP contribution in [0.3, 0.4) is 0 Å². The molecule has 4 rings (SSSR count). The van der Waals surface area contributed by atoms with Crippen LogP contribution in [-0.2, 0) is 13.0 Å². The molecule has 0 amide bonds. The van der Waals surface area contributed by atoms with E-state index in [4.69, 9.17) is 9.97 Å². The zero-order valence-corrected chi connectivity index (χ0v) is 23.5. The molecule has 192 valence electrons. The van der Waals surface area contributed by atoms with E-state index in [1.165, 1.54) is 42.9 Å². The summed E-state index contributed by atoms with van der Waals surface area (Å²) in [5.41, 5.74) is 6.83. The molecular weight excluding hydrogens is 477 g/mol. The Morgan fingerprint density at radius 2 is 1.66 bits per heavy atom. The molecule has 0 atom stereocenters. The maximum absolute atomic E-state index is 4.87. The van der Waals surface area contributed by atoms with Crippen LogP contribution in [0.2, 0.25) is 0 Å². The van der Waals surface area contributed by atoms with Crippen LogP contribution in [0.15, 0.2) is 36.4 Å². The summed E-state index contributed by atoms with van der Waals surface area (Å²) in [7, 11) is 0. The van der Waals surface area contributed by atoms with E-state index < -0.39 is 0 Å². The third kappa shape index (κ3) is 7.29. The standard InChI is InChI=1S/C28H39N5.2ClH/c1-6-26-30-27-22(4)19-23(5)29-28(27)33(26)20-25-12-10-24(11-13-25)9-7-8-14-31-15-17-32(18-16-31)21(2)3;;/h7,9-13,19,21H,6,8,14-18,20H2,1-5H3;2*1H. The van der Waals surface area contributed by atoms with E-state index >= 15 is 0 Å². The molecule has 1 fully saturated rings. The first kappa shape index (κ1) is 29.3. The van der Waals surface area contributed by atoms with Crippen LogP contribution >= 0.6 is 24.8 Å². The monoisotopic (exact) mass is 517 g/mol. The Labute approximate surface area is 223 Å². The summed E-state index contributed by atoms with van der Waals surface area (Å²) in [6, 6.07) is 11.7. The zero-order chi connectivity index (χ0) is 23.4. The molecule has 1 saturated heterocycles. The lowest BCUT2D eigenvalue weighted by atomic mass is 10.1. The Hall–Kier alpha value is -1.92. The normalized spacial score (nSPS) is 15.0. The topological polar surface area (TPSA) is 37.2 Å². The van der Waals surface area contributed by atoms with Crippen molar-refractivity contribution in [2.75, 3.05) is 32.7 Å². The van der Waals surface area contributed by atoms with Crippen molar-refractivity contribution in [3.05, 3.63) is 64.6 Å². The molecular formula is C28H41Cl2N5. The maximum atomic E-state index is 4.87. The fraction of sp³-hybridized carbons (Fsp3) is 0.500. The van der Waals surface area contributed by atoms with Crippen molar-refractivity contribution in [2.24, 2.45) is 0 Å². The summed E-state index contributed by atoms with van der Waals surface area (Å²) in [5, 5.41) is 0. The predicted molar refractivity (Wildman–Crippen MR) is 153 cm³/mol. The molecule has 0 spiro atoms. The summed E-state index contributed by atoms with van der Waals surface area (Å²) in [6.07, 6.45) is 6.58. The van der Waals surface area contributed by atoms with Crippen molar-refractivity contribution in [1.29, 1.82) is 0 Å².